The summed E-state index contributed by atoms with van der Waals surface area (Å²) in [5.41, 5.74) is 0. The first-order valence-electron chi connectivity index (χ1n) is 9.26. The molecule has 0 amide bonds. The van der Waals surface area contributed by atoms with Crippen molar-refractivity contribution in [2.45, 2.75) is 109 Å². The lowest BCUT2D eigenvalue weighted by Crippen LogP contribution is -2.03. The zero-order valence-electron chi connectivity index (χ0n) is 14.3. The Morgan fingerprint density at radius 1 is 0.700 bits per heavy atom. The summed E-state index contributed by atoms with van der Waals surface area (Å²) < 4.78 is 0. The van der Waals surface area contributed by atoms with E-state index in [-0.39, 0.29) is 0 Å². The smallest absolute Gasteiger partial charge is 0.00469 e. The number of hydrogen-bond donors (Lipinski definition) is 0. The average Bonchev–Trinajstić information content (AvgIpc) is 2.45. The highest BCUT2D eigenvalue weighted by Crippen LogP contribution is 2.24. The highest BCUT2D eigenvalue weighted by Gasteiger charge is 2.07. The van der Waals surface area contributed by atoms with E-state index in [1.807, 2.05) is 0 Å². The minimum absolute atomic E-state index is 0.927. The highest BCUT2D eigenvalue weighted by atomic mass is 32.2. The van der Waals surface area contributed by atoms with Gasteiger partial charge in [0, 0.05) is 5.25 Å². The van der Waals surface area contributed by atoms with Gasteiger partial charge in [-0.25, -0.2) is 0 Å². The van der Waals surface area contributed by atoms with Crippen LogP contribution in [-0.2, 0) is 0 Å². The van der Waals surface area contributed by atoms with Crippen LogP contribution in [0.15, 0.2) is 0 Å². The van der Waals surface area contributed by atoms with Crippen molar-refractivity contribution in [3.8, 4) is 0 Å². The molecule has 1 unspecified atom stereocenters. The van der Waals surface area contributed by atoms with Gasteiger partial charge < -0.3 is 0 Å². The van der Waals surface area contributed by atoms with Gasteiger partial charge in [-0.05, 0) is 25.0 Å². The maximum Gasteiger partial charge on any atom is 0.00469 e. The first-order chi connectivity index (χ1) is 9.85. The van der Waals surface area contributed by atoms with Crippen LogP contribution in [0.2, 0.25) is 0 Å². The quantitative estimate of drug-likeness (QED) is 0.267. The van der Waals surface area contributed by atoms with Crippen LogP contribution in [0.5, 0.6) is 0 Å². The fraction of sp³-hybridized carbons (Fsp3) is 0.947. The zero-order valence-corrected chi connectivity index (χ0v) is 15.1. The van der Waals surface area contributed by atoms with Crippen molar-refractivity contribution in [3.05, 3.63) is 6.92 Å². The Morgan fingerprint density at radius 2 is 1.30 bits per heavy atom. The molecule has 0 bridgehead atoms. The topological polar surface area (TPSA) is 0 Å². The second-order valence-corrected chi connectivity index (χ2v) is 7.51. The highest BCUT2D eigenvalue weighted by molar-refractivity contribution is 7.99. The lowest BCUT2D eigenvalue weighted by atomic mass is 10.0. The summed E-state index contributed by atoms with van der Waals surface area (Å²) in [5.74, 6) is 1.32. The van der Waals surface area contributed by atoms with Crippen molar-refractivity contribution in [2.24, 2.45) is 0 Å². The molecule has 0 aliphatic heterocycles. The fourth-order valence-corrected chi connectivity index (χ4v) is 4.11. The Labute approximate surface area is 133 Å². The van der Waals surface area contributed by atoms with Crippen LogP contribution in [0, 0.1) is 6.92 Å². The summed E-state index contributed by atoms with van der Waals surface area (Å²) in [5, 5.41) is 0.927. The number of rotatable bonds is 16. The Kier molecular flexibility index (Phi) is 17.7. The maximum absolute atomic E-state index is 3.94. The number of hydrogen-bond acceptors (Lipinski definition) is 1. The third kappa shape index (κ3) is 14.8. The van der Waals surface area contributed by atoms with Gasteiger partial charge in [-0.15, -0.1) is 0 Å². The fourth-order valence-electron chi connectivity index (χ4n) is 2.67. The van der Waals surface area contributed by atoms with Crippen LogP contribution in [0.1, 0.15) is 104 Å². The summed E-state index contributed by atoms with van der Waals surface area (Å²) >= 11 is 2.21. The lowest BCUT2D eigenvalue weighted by molar-refractivity contribution is 0.546. The van der Waals surface area contributed by atoms with Crippen molar-refractivity contribution >= 4 is 11.8 Å². The van der Waals surface area contributed by atoms with Crippen molar-refractivity contribution < 1.29 is 0 Å². The molecule has 0 nitrogen and oxygen atoms in total. The normalized spacial score (nSPS) is 12.8. The van der Waals surface area contributed by atoms with Gasteiger partial charge in [-0.1, -0.05) is 91.4 Å². The van der Waals surface area contributed by atoms with Crippen LogP contribution < -0.4 is 0 Å². The van der Waals surface area contributed by atoms with Crippen molar-refractivity contribution in [1.82, 2.24) is 0 Å². The zero-order chi connectivity index (χ0) is 14.9. The van der Waals surface area contributed by atoms with Crippen LogP contribution in [0.3, 0.4) is 0 Å². The predicted octanol–water partition coefficient (Wildman–Crippen LogP) is 7.42. The van der Waals surface area contributed by atoms with Crippen LogP contribution in [0.25, 0.3) is 0 Å². The Hall–Kier alpha value is 0.350. The minimum Gasteiger partial charge on any atom is -0.159 e. The molecule has 0 aliphatic rings. The van der Waals surface area contributed by atoms with E-state index in [2.05, 4.69) is 32.5 Å². The average molecular weight is 300 g/mol. The molecule has 0 saturated carbocycles. The van der Waals surface area contributed by atoms with E-state index >= 15 is 0 Å². The van der Waals surface area contributed by atoms with Crippen molar-refractivity contribution in [1.29, 1.82) is 0 Å². The molecule has 0 aliphatic carbocycles. The predicted molar refractivity (Wildman–Crippen MR) is 97.6 cm³/mol. The molecule has 121 valence electrons. The van der Waals surface area contributed by atoms with Crippen LogP contribution in [-0.4, -0.2) is 11.0 Å². The molecule has 20 heavy (non-hydrogen) atoms. The summed E-state index contributed by atoms with van der Waals surface area (Å²) in [6, 6.07) is 0. The summed E-state index contributed by atoms with van der Waals surface area (Å²) in [4.78, 5) is 0. The first-order valence-corrected chi connectivity index (χ1v) is 10.3. The molecule has 0 saturated heterocycles. The van der Waals surface area contributed by atoms with Crippen LogP contribution in [0.4, 0.5) is 0 Å². The Balaban J connectivity index is 3.34. The third-order valence-electron chi connectivity index (χ3n) is 3.99. The monoisotopic (exact) mass is 299 g/mol. The van der Waals surface area contributed by atoms with Gasteiger partial charge in [0.15, 0.2) is 0 Å². The standard InChI is InChI=1S/C19H39S/c1-4-7-9-10-11-12-13-14-15-17-19(16-6-3)20-18-8-5-2/h19H,2,4-18H2,1,3H3. The lowest BCUT2D eigenvalue weighted by Gasteiger charge is -2.15. The molecule has 0 aromatic rings. The van der Waals surface area contributed by atoms with Crippen molar-refractivity contribution in [2.75, 3.05) is 5.75 Å². The summed E-state index contributed by atoms with van der Waals surface area (Å²) in [6.45, 7) is 8.56. The van der Waals surface area contributed by atoms with E-state index in [9.17, 15) is 0 Å². The van der Waals surface area contributed by atoms with Gasteiger partial charge in [0.05, 0.1) is 0 Å². The second kappa shape index (κ2) is 17.4. The van der Waals surface area contributed by atoms with Gasteiger partial charge in [0.1, 0.15) is 0 Å². The van der Waals surface area contributed by atoms with E-state index in [0.717, 1.165) is 11.7 Å². The van der Waals surface area contributed by atoms with Gasteiger partial charge in [0.25, 0.3) is 0 Å². The van der Waals surface area contributed by atoms with E-state index in [0.29, 0.717) is 0 Å². The second-order valence-electron chi connectivity index (χ2n) is 6.11. The molecule has 0 rings (SSSR count). The molecule has 0 aromatic carbocycles. The molecule has 0 fully saturated rings. The Bertz CT molecular complexity index is 167. The third-order valence-corrected chi connectivity index (χ3v) is 5.46. The molecule has 0 heterocycles. The number of thioether (sulfide) groups is 1. The van der Waals surface area contributed by atoms with Gasteiger partial charge in [-0.2, -0.15) is 11.8 Å². The number of unbranched alkanes of at least 4 members (excludes halogenated alkanes) is 9. The first kappa shape index (κ1) is 20.3. The molecule has 1 heteroatoms. The van der Waals surface area contributed by atoms with Gasteiger partial charge in [0.2, 0.25) is 0 Å². The SMILES string of the molecule is [CH2]CCCSC(CCC)CCCCCCCCCCC. The van der Waals surface area contributed by atoms with E-state index < -0.39 is 0 Å². The van der Waals surface area contributed by atoms with E-state index in [1.54, 1.807) is 0 Å². The Morgan fingerprint density at radius 3 is 1.85 bits per heavy atom. The van der Waals surface area contributed by atoms with Crippen LogP contribution >= 0.6 is 11.8 Å². The summed E-state index contributed by atoms with van der Waals surface area (Å²) in [7, 11) is 0. The molecule has 1 radical (unpaired) electrons. The maximum atomic E-state index is 3.94. The molecular weight excluding hydrogens is 260 g/mol. The van der Waals surface area contributed by atoms with Crippen molar-refractivity contribution in [3.63, 3.8) is 0 Å². The van der Waals surface area contributed by atoms with E-state index in [4.69, 9.17) is 0 Å². The molecular formula is C19H39S. The summed E-state index contributed by atoms with van der Waals surface area (Å²) in [6.07, 6.45) is 19.7. The van der Waals surface area contributed by atoms with Gasteiger partial charge in [-0.3, -0.25) is 0 Å². The van der Waals surface area contributed by atoms with Gasteiger partial charge >= 0.3 is 0 Å². The molecule has 0 aromatic heterocycles. The molecule has 0 N–H and O–H groups in total. The molecule has 0 spiro atoms. The molecule has 1 atom stereocenters. The largest absolute Gasteiger partial charge is 0.159 e. The minimum atomic E-state index is 0.927. The van der Waals surface area contributed by atoms with E-state index in [1.165, 1.54) is 89.2 Å².